The fraction of sp³-hybridized carbons (Fsp3) is 0.368. The molecule has 2 aromatic carbocycles. The molecule has 0 aromatic heterocycles. The highest BCUT2D eigenvalue weighted by molar-refractivity contribution is 7.89. The Balaban J connectivity index is 1.58. The van der Waals surface area contributed by atoms with Gasteiger partial charge in [0.25, 0.3) is 0 Å². The second-order valence-electron chi connectivity index (χ2n) is 6.41. The van der Waals surface area contributed by atoms with Gasteiger partial charge in [-0.05, 0) is 23.3 Å². The molecule has 0 saturated carbocycles. The summed E-state index contributed by atoms with van der Waals surface area (Å²) in [5.74, 6) is 0.887. The molecule has 0 fully saturated rings. The van der Waals surface area contributed by atoms with E-state index < -0.39 is 22.8 Å². The van der Waals surface area contributed by atoms with Crippen molar-refractivity contribution in [2.45, 2.75) is 30.6 Å². The Morgan fingerprint density at radius 1 is 0.966 bits per heavy atom. The van der Waals surface area contributed by atoms with E-state index in [-0.39, 0.29) is 18.0 Å². The Bertz CT molecular complexity index is 930. The summed E-state index contributed by atoms with van der Waals surface area (Å²) < 4.78 is 79.4. The van der Waals surface area contributed by atoms with E-state index in [2.05, 4.69) is 9.46 Å². The summed E-state index contributed by atoms with van der Waals surface area (Å²) in [5, 5.41) is 0. The number of halogens is 3. The lowest BCUT2D eigenvalue weighted by Crippen LogP contribution is -2.23. The first-order valence-corrected chi connectivity index (χ1v) is 10.3. The first-order chi connectivity index (χ1) is 13.7. The summed E-state index contributed by atoms with van der Waals surface area (Å²) in [7, 11) is -3.78. The smallest absolute Gasteiger partial charge is 0.411 e. The predicted molar refractivity (Wildman–Crippen MR) is 98.2 cm³/mol. The van der Waals surface area contributed by atoms with E-state index in [4.69, 9.17) is 9.47 Å². The lowest BCUT2D eigenvalue weighted by Gasteiger charge is -2.11. The van der Waals surface area contributed by atoms with Gasteiger partial charge in [0.05, 0.1) is 24.7 Å². The molecule has 1 aliphatic heterocycles. The average molecular weight is 431 g/mol. The largest absolute Gasteiger partial charge is 0.490 e. The highest BCUT2D eigenvalue weighted by Crippen LogP contribution is 2.31. The third-order valence-electron chi connectivity index (χ3n) is 4.05. The molecule has 0 spiro atoms. The molecule has 0 radical (unpaired) electrons. The summed E-state index contributed by atoms with van der Waals surface area (Å²) in [4.78, 5) is 0.0546. The molecule has 0 saturated heterocycles. The molecule has 0 bridgehead atoms. The molecule has 2 aromatic rings. The van der Waals surface area contributed by atoms with E-state index in [0.717, 1.165) is 0 Å². The van der Waals surface area contributed by atoms with Gasteiger partial charge in [0, 0.05) is 19.0 Å². The Kier molecular flexibility index (Phi) is 6.66. The van der Waals surface area contributed by atoms with E-state index >= 15 is 0 Å². The number of fused-ring (bicyclic) bond motifs is 1. The van der Waals surface area contributed by atoms with Gasteiger partial charge in [-0.1, -0.05) is 24.3 Å². The van der Waals surface area contributed by atoms with Gasteiger partial charge in [0.1, 0.15) is 6.61 Å². The SMILES string of the molecule is O=S(=O)(NCc1ccc(COCC(F)(F)F)cc1)c1ccc2c(c1)OCCCO2. The molecule has 0 unspecified atom stereocenters. The molecule has 0 amide bonds. The van der Waals surface area contributed by atoms with Gasteiger partial charge >= 0.3 is 6.18 Å². The molecule has 1 N–H and O–H groups in total. The van der Waals surface area contributed by atoms with E-state index in [0.29, 0.717) is 42.3 Å². The molecule has 158 valence electrons. The Labute approximate surface area is 166 Å². The molecule has 0 aliphatic carbocycles. The van der Waals surface area contributed by atoms with Crippen molar-refractivity contribution in [3.63, 3.8) is 0 Å². The van der Waals surface area contributed by atoms with Crippen LogP contribution in [0.1, 0.15) is 17.5 Å². The number of ether oxygens (including phenoxy) is 3. The highest BCUT2D eigenvalue weighted by atomic mass is 32.2. The maximum atomic E-state index is 12.5. The number of sulfonamides is 1. The van der Waals surface area contributed by atoms with Crippen molar-refractivity contribution in [2.75, 3.05) is 19.8 Å². The molecule has 1 heterocycles. The first-order valence-electron chi connectivity index (χ1n) is 8.85. The Morgan fingerprint density at radius 3 is 2.31 bits per heavy atom. The van der Waals surface area contributed by atoms with E-state index in [9.17, 15) is 21.6 Å². The quantitative estimate of drug-likeness (QED) is 0.728. The molecule has 1 aliphatic rings. The highest BCUT2D eigenvalue weighted by Gasteiger charge is 2.27. The molecule has 0 atom stereocenters. The van der Waals surface area contributed by atoms with Crippen LogP contribution in [0.5, 0.6) is 11.5 Å². The van der Waals surface area contributed by atoms with Crippen molar-refractivity contribution < 1.29 is 35.8 Å². The number of hydrogen-bond donors (Lipinski definition) is 1. The molecule has 3 rings (SSSR count). The van der Waals surface area contributed by atoms with Crippen LogP contribution < -0.4 is 14.2 Å². The second-order valence-corrected chi connectivity index (χ2v) is 8.17. The second kappa shape index (κ2) is 9.02. The first kappa shape index (κ1) is 21.4. The maximum Gasteiger partial charge on any atom is 0.411 e. The fourth-order valence-electron chi connectivity index (χ4n) is 2.61. The summed E-state index contributed by atoms with van der Waals surface area (Å²) in [6.45, 7) is -0.509. The zero-order valence-corrected chi connectivity index (χ0v) is 16.2. The predicted octanol–water partition coefficient (Wildman–Crippen LogP) is 3.41. The lowest BCUT2D eigenvalue weighted by molar-refractivity contribution is -0.176. The number of benzene rings is 2. The zero-order chi connectivity index (χ0) is 20.9. The molecule has 29 heavy (non-hydrogen) atoms. The van der Waals surface area contributed by atoms with Crippen LogP contribution in [0, 0.1) is 0 Å². The van der Waals surface area contributed by atoms with Crippen molar-refractivity contribution in [1.29, 1.82) is 0 Å². The topological polar surface area (TPSA) is 73.9 Å². The van der Waals surface area contributed by atoms with Crippen molar-refractivity contribution in [2.24, 2.45) is 0 Å². The van der Waals surface area contributed by atoms with Gasteiger partial charge in [0.15, 0.2) is 11.5 Å². The minimum absolute atomic E-state index is 0.0282. The van der Waals surface area contributed by atoms with Crippen LogP contribution in [-0.2, 0) is 27.9 Å². The Hall–Kier alpha value is -2.30. The van der Waals surface area contributed by atoms with Gasteiger partial charge in [-0.3, -0.25) is 0 Å². The van der Waals surface area contributed by atoms with Crippen molar-refractivity contribution >= 4 is 10.0 Å². The minimum Gasteiger partial charge on any atom is -0.490 e. The zero-order valence-electron chi connectivity index (χ0n) is 15.4. The van der Waals surface area contributed by atoms with E-state index in [1.165, 1.54) is 12.1 Å². The monoisotopic (exact) mass is 431 g/mol. The summed E-state index contributed by atoms with van der Waals surface area (Å²) in [5.41, 5.74) is 1.21. The van der Waals surface area contributed by atoms with Gasteiger partial charge < -0.3 is 14.2 Å². The Morgan fingerprint density at radius 2 is 1.62 bits per heavy atom. The van der Waals surface area contributed by atoms with Crippen LogP contribution in [0.15, 0.2) is 47.4 Å². The molecule has 10 heteroatoms. The third kappa shape index (κ3) is 6.34. The van der Waals surface area contributed by atoms with Crippen LogP contribution in [0.25, 0.3) is 0 Å². The summed E-state index contributed by atoms with van der Waals surface area (Å²) >= 11 is 0. The van der Waals surface area contributed by atoms with Gasteiger partial charge in [0.2, 0.25) is 10.0 Å². The molecular formula is C19H20F3NO5S. The van der Waals surface area contributed by atoms with Crippen molar-refractivity contribution in [3.8, 4) is 11.5 Å². The summed E-state index contributed by atoms with van der Waals surface area (Å²) in [6.07, 6.45) is -3.66. The van der Waals surface area contributed by atoms with Crippen LogP contribution in [0.3, 0.4) is 0 Å². The van der Waals surface area contributed by atoms with Gasteiger partial charge in [-0.15, -0.1) is 0 Å². The van der Waals surface area contributed by atoms with E-state index in [1.807, 2.05) is 0 Å². The van der Waals surface area contributed by atoms with Crippen LogP contribution in [-0.4, -0.2) is 34.4 Å². The third-order valence-corrected chi connectivity index (χ3v) is 5.45. The van der Waals surface area contributed by atoms with Crippen molar-refractivity contribution in [3.05, 3.63) is 53.6 Å². The maximum absolute atomic E-state index is 12.5. The van der Waals surface area contributed by atoms with Crippen LogP contribution >= 0.6 is 0 Å². The molecular weight excluding hydrogens is 411 g/mol. The average Bonchev–Trinajstić information content (AvgIpc) is 2.91. The number of nitrogens with one attached hydrogen (secondary N) is 1. The normalized spacial score (nSPS) is 14.4. The number of alkyl halides is 3. The fourth-order valence-corrected chi connectivity index (χ4v) is 3.64. The van der Waals surface area contributed by atoms with Crippen LogP contribution in [0.2, 0.25) is 0 Å². The van der Waals surface area contributed by atoms with E-state index in [1.54, 1.807) is 30.3 Å². The standard InChI is InChI=1S/C19H20F3NO5S/c20-19(21,22)13-26-12-15-4-2-14(3-5-15)11-23-29(24,25)16-6-7-17-18(10-16)28-9-1-8-27-17/h2-7,10,23H,1,8-9,11-13H2. The van der Waals surface area contributed by atoms with Gasteiger partial charge in [-0.25, -0.2) is 13.1 Å². The lowest BCUT2D eigenvalue weighted by atomic mass is 10.1. The summed E-state index contributed by atoms with van der Waals surface area (Å²) in [6, 6.07) is 10.9. The van der Waals surface area contributed by atoms with Crippen molar-refractivity contribution in [1.82, 2.24) is 4.72 Å². The molecule has 6 nitrogen and oxygen atoms in total. The minimum atomic E-state index is -4.37. The van der Waals surface area contributed by atoms with Crippen LogP contribution in [0.4, 0.5) is 13.2 Å². The van der Waals surface area contributed by atoms with Gasteiger partial charge in [-0.2, -0.15) is 13.2 Å². The number of rotatable bonds is 7. The number of hydrogen-bond acceptors (Lipinski definition) is 5.